The predicted octanol–water partition coefficient (Wildman–Crippen LogP) is 3.42. The van der Waals surface area contributed by atoms with E-state index in [9.17, 15) is 19.0 Å². The summed E-state index contributed by atoms with van der Waals surface area (Å²) >= 11 is 0. The number of aliphatic imine (C=N–C) groups is 1. The average molecular weight is 601 g/mol. The summed E-state index contributed by atoms with van der Waals surface area (Å²) in [5.74, 6) is 3.54. The summed E-state index contributed by atoms with van der Waals surface area (Å²) in [5.41, 5.74) is 3.63. The third kappa shape index (κ3) is 17.8. The fourth-order valence-corrected chi connectivity index (χ4v) is 3.77. The number of halogens is 1. The topological polar surface area (TPSA) is 166 Å². The molecule has 0 unspecified atom stereocenters. The Hall–Kier alpha value is -3.71. The van der Waals surface area contributed by atoms with Crippen LogP contribution >= 0.6 is 0 Å². The molecule has 0 spiro atoms. The lowest BCUT2D eigenvalue weighted by molar-refractivity contribution is -0.192. The third-order valence-corrected chi connectivity index (χ3v) is 5.97. The highest BCUT2D eigenvalue weighted by Crippen LogP contribution is 2.22. The van der Waals surface area contributed by atoms with Crippen LogP contribution in [0, 0.1) is 5.41 Å². The first-order valence-corrected chi connectivity index (χ1v) is 14.4. The van der Waals surface area contributed by atoms with Crippen molar-refractivity contribution in [3.05, 3.63) is 53.1 Å². The first-order chi connectivity index (χ1) is 20.3. The van der Waals surface area contributed by atoms with Gasteiger partial charge in [0.1, 0.15) is 0 Å². The molecule has 1 aromatic heterocycles. The SMILES string of the molecule is CC/C=C(C)\C(=C\c1ccc(CCCN=C/C(CCNC(=O)/C=C/NC(=O)CC(C)(C)COC(C)(C)O)=N\N)[nH]1)N[B]F. The lowest BCUT2D eigenvalue weighted by atomic mass is 9.90. The van der Waals surface area contributed by atoms with E-state index in [1.54, 1.807) is 6.21 Å². The summed E-state index contributed by atoms with van der Waals surface area (Å²) in [6.07, 6.45) is 11.0. The van der Waals surface area contributed by atoms with Gasteiger partial charge in [0.05, 0.1) is 12.3 Å². The van der Waals surface area contributed by atoms with E-state index in [0.29, 0.717) is 38.6 Å². The number of aliphatic hydroxyl groups is 1. The van der Waals surface area contributed by atoms with Crippen LogP contribution < -0.4 is 21.7 Å². The normalized spacial score (nSPS) is 13.5. The number of hydrazone groups is 1. The molecule has 0 aromatic carbocycles. The number of nitrogens with two attached hydrogens (primary N) is 1. The van der Waals surface area contributed by atoms with Crippen molar-refractivity contribution in [2.75, 3.05) is 19.7 Å². The molecule has 1 radical (unpaired) electrons. The molecule has 7 N–H and O–H groups in total. The fraction of sp³-hybridized carbons (Fsp3) is 0.533. The van der Waals surface area contributed by atoms with Crippen LogP contribution in [-0.4, -0.2) is 67.0 Å². The summed E-state index contributed by atoms with van der Waals surface area (Å²) in [7, 11) is 0.426. The van der Waals surface area contributed by atoms with Gasteiger partial charge in [-0.2, -0.15) is 5.10 Å². The summed E-state index contributed by atoms with van der Waals surface area (Å²) in [4.78, 5) is 31.9. The van der Waals surface area contributed by atoms with E-state index in [4.69, 9.17) is 10.6 Å². The lowest BCUT2D eigenvalue weighted by Crippen LogP contribution is -2.33. The van der Waals surface area contributed by atoms with Crippen molar-refractivity contribution in [3.63, 3.8) is 0 Å². The Kier molecular flexibility index (Phi) is 16.9. The second-order valence-corrected chi connectivity index (χ2v) is 11.3. The van der Waals surface area contributed by atoms with Gasteiger partial charge >= 0.3 is 7.69 Å². The number of hydrogen-bond acceptors (Lipinski definition) is 8. The number of aromatic nitrogens is 1. The van der Waals surface area contributed by atoms with E-state index in [1.807, 2.05) is 52.0 Å². The quantitative estimate of drug-likeness (QED) is 0.0196. The van der Waals surface area contributed by atoms with E-state index in [-0.39, 0.29) is 24.8 Å². The summed E-state index contributed by atoms with van der Waals surface area (Å²) in [5, 5.41) is 21.3. The maximum absolute atomic E-state index is 12.7. The van der Waals surface area contributed by atoms with E-state index in [1.165, 1.54) is 26.1 Å². The van der Waals surface area contributed by atoms with E-state index in [0.717, 1.165) is 36.2 Å². The Morgan fingerprint density at radius 3 is 2.65 bits per heavy atom. The monoisotopic (exact) mass is 600 g/mol. The Morgan fingerprint density at radius 1 is 1.26 bits per heavy atom. The molecule has 11 nitrogen and oxygen atoms in total. The minimum Gasteiger partial charge on any atom is -0.402 e. The van der Waals surface area contributed by atoms with Gasteiger partial charge in [0.25, 0.3) is 0 Å². The second-order valence-electron chi connectivity index (χ2n) is 11.3. The zero-order chi connectivity index (χ0) is 32.3. The van der Waals surface area contributed by atoms with Crippen LogP contribution in [0.5, 0.6) is 0 Å². The first kappa shape index (κ1) is 37.3. The molecule has 1 aromatic rings. The lowest BCUT2D eigenvalue weighted by Gasteiger charge is -2.28. The van der Waals surface area contributed by atoms with Gasteiger partial charge in [-0.15, -0.1) is 0 Å². The number of ether oxygens (including phenoxy) is 1. The van der Waals surface area contributed by atoms with Crippen LogP contribution in [0.3, 0.4) is 0 Å². The number of nitrogens with zero attached hydrogens (tertiary/aromatic N) is 2. The molecule has 0 aliphatic heterocycles. The summed E-state index contributed by atoms with van der Waals surface area (Å²) in [6.45, 7) is 11.8. The van der Waals surface area contributed by atoms with E-state index >= 15 is 0 Å². The number of carbonyl (C=O) groups excluding carboxylic acids is 2. The molecule has 2 amide bonds. The van der Waals surface area contributed by atoms with Crippen molar-refractivity contribution in [1.29, 1.82) is 0 Å². The Balaban J connectivity index is 2.38. The Morgan fingerprint density at radius 2 is 2.00 bits per heavy atom. The van der Waals surface area contributed by atoms with Crippen LogP contribution in [-0.2, 0) is 20.7 Å². The number of nitrogens with one attached hydrogen (secondary N) is 4. The van der Waals surface area contributed by atoms with Gasteiger partial charge in [-0.25, -0.2) is 0 Å². The molecular weight excluding hydrogens is 552 g/mol. The minimum atomic E-state index is -1.27. The van der Waals surface area contributed by atoms with Crippen molar-refractivity contribution in [3.8, 4) is 0 Å². The average Bonchev–Trinajstić information content (AvgIpc) is 3.37. The zero-order valence-corrected chi connectivity index (χ0v) is 26.3. The van der Waals surface area contributed by atoms with Gasteiger partial charge in [0, 0.05) is 61.5 Å². The van der Waals surface area contributed by atoms with Crippen LogP contribution in [0.1, 0.15) is 78.6 Å². The standard InChI is InChI=1S/C30H48BFN7O4/c1-7-9-22(2)26(38-31-32)18-24-12-11-23(37-24)10-8-15-34-20-25(39-33)13-16-35-27(40)14-17-36-28(41)19-29(3,4)21-43-30(5,6)42/h9,11-12,14,17-18,20,37-38,42H,7-8,10,13,15-16,19,21,33H2,1-6H3,(H,35,40)(H,36,41)/b17-14+,22-9-,26-18-,34-20?,39-25-. The van der Waals surface area contributed by atoms with Gasteiger partial charge in [0.15, 0.2) is 5.79 Å². The smallest absolute Gasteiger partial charge is 0.402 e. The highest BCUT2D eigenvalue weighted by atomic mass is 19.1. The largest absolute Gasteiger partial charge is 0.488 e. The van der Waals surface area contributed by atoms with Gasteiger partial charge in [-0.1, -0.05) is 26.8 Å². The number of aryl methyl sites for hydroxylation is 1. The van der Waals surface area contributed by atoms with Crippen LogP contribution in [0.2, 0.25) is 0 Å². The summed E-state index contributed by atoms with van der Waals surface area (Å²) < 4.78 is 18.1. The molecule has 1 heterocycles. The minimum absolute atomic E-state index is 0.157. The fourth-order valence-electron chi connectivity index (χ4n) is 3.77. The Bertz CT molecular complexity index is 1170. The molecule has 0 fully saturated rings. The van der Waals surface area contributed by atoms with Gasteiger partial charge < -0.3 is 40.8 Å². The van der Waals surface area contributed by atoms with Crippen molar-refractivity contribution in [2.24, 2.45) is 21.4 Å². The van der Waals surface area contributed by atoms with Crippen LogP contribution in [0.15, 0.2) is 51.8 Å². The van der Waals surface area contributed by atoms with Crippen molar-refractivity contribution in [1.82, 2.24) is 20.8 Å². The second kappa shape index (κ2) is 19.5. The molecule has 0 atom stereocenters. The highest BCUT2D eigenvalue weighted by molar-refractivity contribution is 6.30. The molecule has 0 aliphatic carbocycles. The van der Waals surface area contributed by atoms with E-state index < -0.39 is 11.2 Å². The van der Waals surface area contributed by atoms with Crippen LogP contribution in [0.4, 0.5) is 4.32 Å². The predicted molar refractivity (Wildman–Crippen MR) is 172 cm³/mol. The van der Waals surface area contributed by atoms with Crippen LogP contribution in [0.25, 0.3) is 6.08 Å². The molecule has 0 aliphatic rings. The number of aromatic amines is 1. The number of amides is 2. The molecular formula is C30H48BFN7O4. The number of H-pyrrole nitrogens is 1. The van der Waals surface area contributed by atoms with Crippen molar-refractivity contribution < 1.29 is 23.7 Å². The number of rotatable bonds is 20. The van der Waals surface area contributed by atoms with Gasteiger partial charge in [0.2, 0.25) is 11.8 Å². The summed E-state index contributed by atoms with van der Waals surface area (Å²) in [6, 6.07) is 3.95. The molecule has 0 bridgehead atoms. The number of allylic oxidation sites excluding steroid dienone is 2. The number of carbonyl (C=O) groups is 2. The Labute approximate surface area is 255 Å². The first-order valence-electron chi connectivity index (χ1n) is 14.4. The molecule has 0 saturated carbocycles. The van der Waals surface area contributed by atoms with Crippen molar-refractivity contribution in [2.45, 2.75) is 79.4 Å². The highest BCUT2D eigenvalue weighted by Gasteiger charge is 2.25. The zero-order valence-electron chi connectivity index (χ0n) is 26.3. The van der Waals surface area contributed by atoms with E-state index in [2.05, 4.69) is 30.9 Å². The molecule has 0 saturated heterocycles. The maximum Gasteiger partial charge on any atom is 0.488 e. The van der Waals surface area contributed by atoms with Crippen molar-refractivity contribution >= 4 is 37.5 Å². The molecule has 13 heteroatoms. The maximum atomic E-state index is 12.7. The molecule has 43 heavy (non-hydrogen) atoms. The van der Waals surface area contributed by atoms with Gasteiger partial charge in [-0.3, -0.25) is 14.6 Å². The third-order valence-electron chi connectivity index (χ3n) is 5.97. The molecule has 237 valence electrons. The molecule has 1 rings (SSSR count). The number of hydrogen-bond donors (Lipinski definition) is 6. The van der Waals surface area contributed by atoms with Gasteiger partial charge in [-0.05, 0) is 69.2 Å².